The number of hydrogen-bond donors (Lipinski definition) is 1. The molecule has 0 bridgehead atoms. The van der Waals surface area contributed by atoms with Crippen LogP contribution in [0.4, 0.5) is 4.39 Å². The highest BCUT2D eigenvalue weighted by molar-refractivity contribution is 5.85. The number of likely N-dealkylation sites (tertiary alicyclic amines) is 1. The summed E-state index contributed by atoms with van der Waals surface area (Å²) in [6, 6.07) is 17.2. The van der Waals surface area contributed by atoms with Gasteiger partial charge in [0.15, 0.2) is 0 Å². The van der Waals surface area contributed by atoms with Gasteiger partial charge in [-0.1, -0.05) is 42.5 Å². The molecule has 0 aromatic heterocycles. The molecule has 1 aliphatic heterocycles. The Morgan fingerprint density at radius 2 is 1.74 bits per heavy atom. The summed E-state index contributed by atoms with van der Waals surface area (Å²) in [6.45, 7) is 2.99. The van der Waals surface area contributed by atoms with E-state index < -0.39 is 0 Å². The van der Waals surface area contributed by atoms with Gasteiger partial charge in [0.1, 0.15) is 5.82 Å². The minimum atomic E-state index is -0.203. The van der Waals surface area contributed by atoms with Crippen molar-refractivity contribution in [1.82, 2.24) is 4.90 Å². The fourth-order valence-corrected chi connectivity index (χ4v) is 3.43. The Labute approximate surface area is 143 Å². The van der Waals surface area contributed by atoms with E-state index in [2.05, 4.69) is 29.2 Å². The van der Waals surface area contributed by atoms with Crippen molar-refractivity contribution in [2.75, 3.05) is 19.7 Å². The summed E-state index contributed by atoms with van der Waals surface area (Å²) < 4.78 is 13.1. The second-order valence-corrected chi connectivity index (χ2v) is 6.11. The average molecular weight is 336 g/mol. The number of hydrogen-bond acceptors (Lipinski definition) is 2. The largest absolute Gasteiger partial charge is 0.396 e. The zero-order chi connectivity index (χ0) is 15.4. The highest BCUT2D eigenvalue weighted by Gasteiger charge is 2.29. The summed E-state index contributed by atoms with van der Waals surface area (Å²) in [5.74, 6) is 0.325. The maximum Gasteiger partial charge on any atom is 0.123 e. The van der Waals surface area contributed by atoms with E-state index in [9.17, 15) is 9.50 Å². The molecule has 2 aromatic rings. The molecule has 0 amide bonds. The van der Waals surface area contributed by atoms with Gasteiger partial charge in [0.05, 0.1) is 0 Å². The molecule has 0 aliphatic carbocycles. The molecular weight excluding hydrogens is 313 g/mol. The van der Waals surface area contributed by atoms with Crippen LogP contribution in [0.1, 0.15) is 23.5 Å². The zero-order valence-electron chi connectivity index (χ0n) is 13.1. The molecule has 3 rings (SSSR count). The Kier molecular flexibility index (Phi) is 6.58. The fourth-order valence-electron chi connectivity index (χ4n) is 3.43. The molecule has 1 saturated heterocycles. The van der Waals surface area contributed by atoms with Gasteiger partial charge in [-0.3, -0.25) is 4.90 Å². The molecule has 1 heterocycles. The van der Waals surface area contributed by atoms with Gasteiger partial charge in [-0.15, -0.1) is 12.4 Å². The molecule has 124 valence electrons. The summed E-state index contributed by atoms with van der Waals surface area (Å²) in [7, 11) is 0. The molecule has 1 fully saturated rings. The highest BCUT2D eigenvalue weighted by Crippen LogP contribution is 2.33. The zero-order valence-corrected chi connectivity index (χ0v) is 13.9. The number of aliphatic hydroxyl groups excluding tert-OH is 1. The fraction of sp³-hybridized carbons (Fsp3) is 0.368. The van der Waals surface area contributed by atoms with Gasteiger partial charge in [0.25, 0.3) is 0 Å². The molecule has 1 aliphatic rings. The lowest BCUT2D eigenvalue weighted by Crippen LogP contribution is -2.40. The van der Waals surface area contributed by atoms with Crippen molar-refractivity contribution in [2.45, 2.75) is 18.9 Å². The summed E-state index contributed by atoms with van der Waals surface area (Å²) in [6.07, 6.45) is 1.00. The van der Waals surface area contributed by atoms with Crippen LogP contribution in [0.2, 0.25) is 0 Å². The van der Waals surface area contributed by atoms with Gasteiger partial charge in [-0.05, 0) is 42.1 Å². The molecular formula is C19H23ClFNO. The van der Waals surface area contributed by atoms with Crippen molar-refractivity contribution >= 4 is 12.4 Å². The lowest BCUT2D eigenvalue weighted by Gasteiger charge is -2.38. The van der Waals surface area contributed by atoms with E-state index in [4.69, 9.17) is 0 Å². The van der Waals surface area contributed by atoms with Crippen LogP contribution in [0.5, 0.6) is 0 Å². The van der Waals surface area contributed by atoms with E-state index in [1.165, 1.54) is 17.7 Å². The van der Waals surface area contributed by atoms with E-state index in [1.807, 2.05) is 18.2 Å². The molecule has 4 heteroatoms. The third kappa shape index (κ3) is 4.54. The molecule has 0 spiro atoms. The van der Waals surface area contributed by atoms with Gasteiger partial charge in [-0.2, -0.15) is 0 Å². The minimum Gasteiger partial charge on any atom is -0.396 e. The van der Waals surface area contributed by atoms with Gasteiger partial charge in [-0.25, -0.2) is 4.39 Å². The highest BCUT2D eigenvalue weighted by atomic mass is 35.5. The minimum absolute atomic E-state index is 0. The van der Waals surface area contributed by atoms with E-state index in [0.29, 0.717) is 5.92 Å². The van der Waals surface area contributed by atoms with Gasteiger partial charge < -0.3 is 5.11 Å². The molecule has 0 unspecified atom stereocenters. The Hall–Kier alpha value is -1.42. The quantitative estimate of drug-likeness (QED) is 0.917. The number of benzene rings is 2. The van der Waals surface area contributed by atoms with E-state index >= 15 is 0 Å². The van der Waals surface area contributed by atoms with Crippen LogP contribution >= 0.6 is 12.4 Å². The van der Waals surface area contributed by atoms with Crippen LogP contribution in [-0.4, -0.2) is 29.7 Å². The average Bonchev–Trinajstić information content (AvgIpc) is 2.56. The Bertz CT molecular complexity index is 590. The van der Waals surface area contributed by atoms with Crippen molar-refractivity contribution in [3.8, 4) is 0 Å². The van der Waals surface area contributed by atoms with E-state index in [0.717, 1.165) is 31.6 Å². The number of aliphatic hydroxyl groups is 1. The molecule has 23 heavy (non-hydrogen) atoms. The summed E-state index contributed by atoms with van der Waals surface area (Å²) in [5.41, 5.74) is 2.44. The van der Waals surface area contributed by atoms with Crippen molar-refractivity contribution in [1.29, 1.82) is 0 Å². The van der Waals surface area contributed by atoms with Crippen LogP contribution in [0.3, 0.4) is 0 Å². The monoisotopic (exact) mass is 335 g/mol. The maximum atomic E-state index is 13.1. The number of rotatable bonds is 4. The number of piperidine rings is 1. The summed E-state index contributed by atoms with van der Waals surface area (Å²) in [4.78, 5) is 2.40. The first-order valence-electron chi connectivity index (χ1n) is 7.89. The second kappa shape index (κ2) is 8.44. The van der Waals surface area contributed by atoms with Gasteiger partial charge in [0.2, 0.25) is 0 Å². The van der Waals surface area contributed by atoms with Crippen molar-refractivity contribution in [3.05, 3.63) is 71.5 Å². The predicted octanol–water partition coefficient (Wildman–Crippen LogP) is 3.85. The Morgan fingerprint density at radius 1 is 1.04 bits per heavy atom. The lowest BCUT2D eigenvalue weighted by atomic mass is 9.81. The van der Waals surface area contributed by atoms with E-state index in [1.54, 1.807) is 0 Å². The molecule has 2 aromatic carbocycles. The van der Waals surface area contributed by atoms with Crippen LogP contribution in [-0.2, 0) is 6.54 Å². The second-order valence-electron chi connectivity index (χ2n) is 6.11. The first-order valence-corrected chi connectivity index (χ1v) is 7.89. The number of halogens is 2. The lowest BCUT2D eigenvalue weighted by molar-refractivity contribution is 0.0972. The maximum absolute atomic E-state index is 13.1. The van der Waals surface area contributed by atoms with Crippen LogP contribution in [0, 0.1) is 11.7 Å². The third-order valence-electron chi connectivity index (χ3n) is 4.60. The van der Waals surface area contributed by atoms with E-state index in [-0.39, 0.29) is 30.7 Å². The summed E-state index contributed by atoms with van der Waals surface area (Å²) in [5, 5.41) is 9.76. The first-order chi connectivity index (χ1) is 10.8. The smallest absolute Gasteiger partial charge is 0.123 e. The number of nitrogens with zero attached hydrogens (tertiary/aromatic N) is 1. The molecule has 0 saturated carbocycles. The molecule has 2 atom stereocenters. The molecule has 2 nitrogen and oxygen atoms in total. The Morgan fingerprint density at radius 3 is 2.39 bits per heavy atom. The van der Waals surface area contributed by atoms with Crippen LogP contribution < -0.4 is 0 Å². The van der Waals surface area contributed by atoms with Crippen molar-refractivity contribution in [2.24, 2.45) is 5.92 Å². The SMILES string of the molecule is Cl.OC[C@@H]1CN(Cc2ccccc2)CC[C@H]1c1ccc(F)cc1. The first kappa shape index (κ1) is 17.9. The topological polar surface area (TPSA) is 23.5 Å². The molecule has 1 N–H and O–H groups in total. The Balaban J connectivity index is 0.00000192. The predicted molar refractivity (Wildman–Crippen MR) is 93.3 cm³/mol. The molecule has 0 radical (unpaired) electrons. The van der Waals surface area contributed by atoms with Crippen molar-refractivity contribution < 1.29 is 9.50 Å². The van der Waals surface area contributed by atoms with Crippen LogP contribution in [0.15, 0.2) is 54.6 Å². The standard InChI is InChI=1S/C19H22FNO.ClH/c20-18-8-6-16(7-9-18)19-10-11-21(13-17(19)14-22)12-15-4-2-1-3-5-15;/h1-9,17,19,22H,10-14H2;1H/t17-,19-;/m0./s1. The van der Waals surface area contributed by atoms with Crippen molar-refractivity contribution in [3.63, 3.8) is 0 Å². The van der Waals surface area contributed by atoms with Gasteiger partial charge >= 0.3 is 0 Å². The normalized spacial score (nSPS) is 21.7. The van der Waals surface area contributed by atoms with Gasteiger partial charge in [0, 0.05) is 25.6 Å². The third-order valence-corrected chi connectivity index (χ3v) is 4.60. The van der Waals surface area contributed by atoms with Crippen LogP contribution in [0.25, 0.3) is 0 Å². The summed E-state index contributed by atoms with van der Waals surface area (Å²) >= 11 is 0.